The molecule has 0 bridgehead atoms. The highest BCUT2D eigenvalue weighted by Gasteiger charge is 2.64. The minimum atomic E-state index is -2.02. The zero-order valence-corrected chi connectivity index (χ0v) is 18.2. The largest absolute Gasteiger partial charge is 0.468 e. The molecular formula is C22H24N2O8. The number of benzene rings is 1. The Hall–Kier alpha value is -3.82. The Bertz CT molecular complexity index is 1020. The van der Waals surface area contributed by atoms with E-state index in [0.29, 0.717) is 5.69 Å². The van der Waals surface area contributed by atoms with Crippen molar-refractivity contribution in [2.75, 3.05) is 31.8 Å². The van der Waals surface area contributed by atoms with Gasteiger partial charge in [0.15, 0.2) is 0 Å². The summed E-state index contributed by atoms with van der Waals surface area (Å²) in [6, 6.07) is 6.47. The molecule has 10 nitrogen and oxygen atoms in total. The van der Waals surface area contributed by atoms with E-state index in [2.05, 4.69) is 0 Å². The van der Waals surface area contributed by atoms with E-state index >= 15 is 0 Å². The summed E-state index contributed by atoms with van der Waals surface area (Å²) in [7, 11) is 1.19. The van der Waals surface area contributed by atoms with Crippen LogP contribution >= 0.6 is 0 Å². The van der Waals surface area contributed by atoms with Crippen molar-refractivity contribution in [3.8, 4) is 0 Å². The van der Waals surface area contributed by atoms with Gasteiger partial charge in [0.25, 0.3) is 0 Å². The second-order valence-corrected chi connectivity index (χ2v) is 6.95. The Morgan fingerprint density at radius 2 is 1.66 bits per heavy atom. The number of nitrogens with zero attached hydrogens (tertiary/aromatic N) is 1. The normalized spacial score (nSPS) is 19.6. The fraction of sp³-hybridized carbons (Fsp3) is 0.364. The van der Waals surface area contributed by atoms with Gasteiger partial charge in [-0.1, -0.05) is 18.2 Å². The van der Waals surface area contributed by atoms with Crippen LogP contribution in [0.25, 0.3) is 0 Å². The first kappa shape index (κ1) is 22.9. The molecule has 0 radical (unpaired) electrons. The number of rotatable bonds is 6. The second kappa shape index (κ2) is 8.74. The lowest BCUT2D eigenvalue weighted by molar-refractivity contribution is -0.143. The number of allylic oxidation sites excluding steroid dienone is 1. The molecule has 1 spiro atoms. The van der Waals surface area contributed by atoms with E-state index in [1.165, 1.54) is 14.0 Å². The number of ether oxygens (including phenoxy) is 4. The van der Waals surface area contributed by atoms with Crippen LogP contribution in [0, 0.1) is 0 Å². The zero-order chi connectivity index (χ0) is 23.6. The number of hydrogen-bond donors (Lipinski definition) is 1. The van der Waals surface area contributed by atoms with Gasteiger partial charge in [0.1, 0.15) is 28.9 Å². The molecule has 10 heteroatoms. The number of carbonyl (C=O) groups is 4. The first-order chi connectivity index (χ1) is 15.2. The van der Waals surface area contributed by atoms with Gasteiger partial charge in [-0.3, -0.25) is 14.5 Å². The van der Waals surface area contributed by atoms with Gasteiger partial charge in [0.2, 0.25) is 11.8 Å². The van der Waals surface area contributed by atoms with Crippen molar-refractivity contribution in [2.24, 2.45) is 5.73 Å². The molecule has 1 aromatic carbocycles. The first-order valence-electron chi connectivity index (χ1n) is 9.97. The molecule has 0 saturated heterocycles. The molecule has 2 heterocycles. The van der Waals surface area contributed by atoms with Gasteiger partial charge < -0.3 is 24.7 Å². The van der Waals surface area contributed by atoms with E-state index in [4.69, 9.17) is 24.7 Å². The Balaban J connectivity index is 2.39. The molecule has 0 aromatic heterocycles. The third-order valence-electron chi connectivity index (χ3n) is 5.25. The Morgan fingerprint density at radius 1 is 1.06 bits per heavy atom. The summed E-state index contributed by atoms with van der Waals surface area (Å²) >= 11 is 0. The van der Waals surface area contributed by atoms with Crippen LogP contribution in [-0.2, 0) is 43.5 Å². The summed E-state index contributed by atoms with van der Waals surface area (Å²) in [5, 5.41) is 0. The molecule has 2 N–H and O–H groups in total. The summed E-state index contributed by atoms with van der Waals surface area (Å²) in [5.41, 5.74) is 4.10. The minimum Gasteiger partial charge on any atom is -0.468 e. The first-order valence-corrected chi connectivity index (χ1v) is 9.97. The molecule has 170 valence electrons. The van der Waals surface area contributed by atoms with Crippen molar-refractivity contribution in [1.29, 1.82) is 0 Å². The highest BCUT2D eigenvalue weighted by molar-refractivity contribution is 6.23. The molecule has 1 atom stereocenters. The van der Waals surface area contributed by atoms with Gasteiger partial charge in [-0.2, -0.15) is 0 Å². The summed E-state index contributed by atoms with van der Waals surface area (Å²) in [6.07, 6.45) is 0. The van der Waals surface area contributed by atoms with Crippen molar-refractivity contribution in [3.63, 3.8) is 0 Å². The Labute approximate surface area is 184 Å². The minimum absolute atomic E-state index is 0.00271. The van der Waals surface area contributed by atoms with Gasteiger partial charge in [0, 0.05) is 11.3 Å². The summed E-state index contributed by atoms with van der Waals surface area (Å²) in [4.78, 5) is 53.4. The number of hydrogen-bond acceptors (Lipinski definition) is 9. The Morgan fingerprint density at radius 3 is 2.25 bits per heavy atom. The van der Waals surface area contributed by atoms with Crippen molar-refractivity contribution in [1.82, 2.24) is 0 Å². The highest BCUT2D eigenvalue weighted by Crippen LogP contribution is 2.54. The van der Waals surface area contributed by atoms with Crippen molar-refractivity contribution in [2.45, 2.75) is 26.2 Å². The molecule has 2 aliphatic rings. The average Bonchev–Trinajstić information content (AvgIpc) is 2.97. The maximum Gasteiger partial charge on any atom is 0.341 e. The number of methoxy groups -OCH3 is 1. The fourth-order valence-corrected chi connectivity index (χ4v) is 4.08. The lowest BCUT2D eigenvalue weighted by atomic mass is 9.67. The second-order valence-electron chi connectivity index (χ2n) is 6.95. The van der Waals surface area contributed by atoms with Crippen molar-refractivity contribution in [3.05, 3.63) is 52.6 Å². The number of para-hydroxylation sites is 1. The maximum absolute atomic E-state index is 14.0. The zero-order valence-electron chi connectivity index (χ0n) is 18.2. The van der Waals surface area contributed by atoms with Gasteiger partial charge >= 0.3 is 17.9 Å². The number of amides is 1. The van der Waals surface area contributed by atoms with Gasteiger partial charge in [0.05, 0.1) is 20.3 Å². The van der Waals surface area contributed by atoms with Crippen LogP contribution < -0.4 is 10.6 Å². The molecular weight excluding hydrogens is 420 g/mol. The molecule has 1 amide bonds. The van der Waals surface area contributed by atoms with E-state index in [1.54, 1.807) is 38.1 Å². The predicted octanol–water partition coefficient (Wildman–Crippen LogP) is 1.04. The van der Waals surface area contributed by atoms with Crippen LogP contribution in [0.1, 0.15) is 26.3 Å². The molecule has 0 unspecified atom stereocenters. The number of esters is 3. The average molecular weight is 444 g/mol. The van der Waals surface area contributed by atoms with Gasteiger partial charge in [-0.25, -0.2) is 9.59 Å². The lowest BCUT2D eigenvalue weighted by Gasteiger charge is -2.36. The van der Waals surface area contributed by atoms with Crippen LogP contribution in [0.5, 0.6) is 0 Å². The molecule has 3 rings (SSSR count). The fourth-order valence-electron chi connectivity index (χ4n) is 4.08. The molecule has 32 heavy (non-hydrogen) atoms. The van der Waals surface area contributed by atoms with Crippen LogP contribution in [0.15, 0.2) is 47.1 Å². The number of nitrogens with two attached hydrogens (primary N) is 1. The number of carbonyl (C=O) groups excluding carboxylic acids is 4. The molecule has 1 aromatic rings. The number of fused-ring (bicyclic) bond motifs is 2. The van der Waals surface area contributed by atoms with Crippen molar-refractivity contribution < 1.29 is 38.1 Å². The standard InChI is InChI=1S/C22H24N2O8/c1-5-30-19(26)16-12(3)32-18(23)17(20(27)31-6-2)22(16)13-9-7-8-10-14(13)24(21(22)28)11-15(25)29-4/h7-10H,5-6,11,23H2,1-4H3/t22-/m0/s1. The van der Waals surface area contributed by atoms with E-state index in [1.807, 2.05) is 0 Å². The van der Waals surface area contributed by atoms with E-state index in [9.17, 15) is 19.2 Å². The van der Waals surface area contributed by atoms with Crippen LogP contribution in [-0.4, -0.2) is 50.7 Å². The molecule has 0 saturated carbocycles. The molecule has 0 aliphatic carbocycles. The summed E-state index contributed by atoms with van der Waals surface area (Å²) in [6.45, 7) is 4.20. The van der Waals surface area contributed by atoms with E-state index in [-0.39, 0.29) is 41.6 Å². The van der Waals surface area contributed by atoms with Gasteiger partial charge in [-0.05, 0) is 26.8 Å². The monoisotopic (exact) mass is 444 g/mol. The van der Waals surface area contributed by atoms with E-state index < -0.39 is 35.8 Å². The molecule has 2 aliphatic heterocycles. The van der Waals surface area contributed by atoms with Gasteiger partial charge in [-0.15, -0.1) is 0 Å². The quantitative estimate of drug-likeness (QED) is 0.504. The summed E-state index contributed by atoms with van der Waals surface area (Å²) in [5.74, 6) is -3.61. The highest BCUT2D eigenvalue weighted by atomic mass is 16.5. The lowest BCUT2D eigenvalue weighted by Crippen LogP contribution is -2.51. The third kappa shape index (κ3) is 3.28. The third-order valence-corrected chi connectivity index (χ3v) is 5.25. The SMILES string of the molecule is CCOC(=O)C1=C(C)OC(N)=C(C(=O)OCC)[C@@]12C(=O)N(CC(=O)OC)c1ccccc12. The predicted molar refractivity (Wildman–Crippen MR) is 111 cm³/mol. The Kier molecular flexibility index (Phi) is 6.24. The van der Waals surface area contributed by atoms with Crippen LogP contribution in [0.4, 0.5) is 5.69 Å². The van der Waals surface area contributed by atoms with Crippen LogP contribution in [0.2, 0.25) is 0 Å². The molecule has 0 fully saturated rings. The van der Waals surface area contributed by atoms with Crippen molar-refractivity contribution >= 4 is 29.5 Å². The van der Waals surface area contributed by atoms with E-state index in [0.717, 1.165) is 4.90 Å². The smallest absolute Gasteiger partial charge is 0.341 e. The summed E-state index contributed by atoms with van der Waals surface area (Å²) < 4.78 is 20.6. The maximum atomic E-state index is 14.0. The number of anilines is 1. The topological polar surface area (TPSA) is 134 Å². The van der Waals surface area contributed by atoms with Crippen LogP contribution in [0.3, 0.4) is 0 Å².